The summed E-state index contributed by atoms with van der Waals surface area (Å²) in [5.74, 6) is 0.253. The number of hydrogen-bond acceptors (Lipinski definition) is 4. The molecule has 2 aliphatic rings. The highest BCUT2D eigenvalue weighted by Gasteiger charge is 2.28. The van der Waals surface area contributed by atoms with Crippen LogP contribution >= 0.6 is 0 Å². The average molecular weight is 364 g/mol. The van der Waals surface area contributed by atoms with Crippen molar-refractivity contribution in [2.45, 2.75) is 38.1 Å². The van der Waals surface area contributed by atoms with E-state index in [-0.39, 0.29) is 42.4 Å². The van der Waals surface area contributed by atoms with E-state index in [2.05, 4.69) is 27.8 Å². The summed E-state index contributed by atoms with van der Waals surface area (Å²) in [5.41, 5.74) is 9.51. The van der Waals surface area contributed by atoms with Crippen molar-refractivity contribution in [3.63, 3.8) is 0 Å². The Morgan fingerprint density at radius 2 is 2.08 bits per heavy atom. The predicted molar refractivity (Wildman–Crippen MR) is 98.4 cm³/mol. The molecule has 1 amide bonds. The van der Waals surface area contributed by atoms with Crippen molar-refractivity contribution in [3.8, 4) is 0 Å². The van der Waals surface area contributed by atoms with Gasteiger partial charge in [-0.3, -0.25) is 9.79 Å². The molecule has 0 bridgehead atoms. The Labute approximate surface area is 148 Å². The van der Waals surface area contributed by atoms with Crippen LogP contribution in [0.2, 0.25) is 0 Å². The van der Waals surface area contributed by atoms with Gasteiger partial charge in [0.25, 0.3) is 0 Å². The Kier molecular flexibility index (Phi) is 5.27. The molecule has 1 atom stereocenters. The number of nitrogens with two attached hydrogens (primary N) is 1. The zero-order valence-electron chi connectivity index (χ0n) is 14.1. The van der Waals surface area contributed by atoms with Crippen LogP contribution in [0.3, 0.4) is 0 Å². The molecule has 0 radical (unpaired) electrons. The number of anilines is 1. The second-order valence-electron chi connectivity index (χ2n) is 6.65. The van der Waals surface area contributed by atoms with Gasteiger partial charge < -0.3 is 16.4 Å². The van der Waals surface area contributed by atoms with E-state index in [1.54, 1.807) is 0 Å². The molecule has 136 valence electrons. The lowest BCUT2D eigenvalue weighted by Gasteiger charge is -2.10. The highest BCUT2D eigenvalue weighted by atomic mass is 32.2. The number of hydrogen-bond donors (Lipinski definition) is 3. The van der Waals surface area contributed by atoms with Crippen molar-refractivity contribution >= 4 is 27.4 Å². The minimum absolute atomic E-state index is 0.0318. The van der Waals surface area contributed by atoms with Gasteiger partial charge in [-0.2, -0.15) is 0 Å². The van der Waals surface area contributed by atoms with Gasteiger partial charge in [0.05, 0.1) is 18.1 Å². The van der Waals surface area contributed by atoms with E-state index >= 15 is 0 Å². The van der Waals surface area contributed by atoms with Crippen LogP contribution in [-0.4, -0.2) is 44.4 Å². The van der Waals surface area contributed by atoms with Crippen LogP contribution in [-0.2, 0) is 27.5 Å². The molecular formula is C17H24N4O3S. The molecule has 7 nitrogen and oxygen atoms in total. The number of benzene rings is 1. The number of fused-ring (bicyclic) bond motifs is 1. The number of guanidine groups is 1. The molecule has 8 heteroatoms. The van der Waals surface area contributed by atoms with Gasteiger partial charge in [0.1, 0.15) is 0 Å². The predicted octanol–water partition coefficient (Wildman–Crippen LogP) is 0.595. The average Bonchev–Trinajstić information content (AvgIpc) is 3.12. The fraction of sp³-hybridized carbons (Fsp3) is 0.529. The minimum atomic E-state index is -2.99. The third kappa shape index (κ3) is 4.94. The highest BCUT2D eigenvalue weighted by Crippen LogP contribution is 2.24. The van der Waals surface area contributed by atoms with E-state index in [0.29, 0.717) is 6.42 Å². The van der Waals surface area contributed by atoms with Gasteiger partial charge in [0.2, 0.25) is 5.91 Å². The number of amides is 1. The summed E-state index contributed by atoms with van der Waals surface area (Å²) in [6.45, 7) is 0.259. The first kappa shape index (κ1) is 17.7. The second kappa shape index (κ2) is 7.43. The quantitative estimate of drug-likeness (QED) is 0.523. The van der Waals surface area contributed by atoms with Gasteiger partial charge in [-0.25, -0.2) is 8.42 Å². The lowest BCUT2D eigenvalue weighted by atomic mass is 10.1. The molecule has 1 aromatic carbocycles. The Morgan fingerprint density at radius 3 is 2.84 bits per heavy atom. The maximum Gasteiger partial charge on any atom is 0.222 e. The lowest BCUT2D eigenvalue weighted by molar-refractivity contribution is -0.121. The third-order valence-corrected chi connectivity index (χ3v) is 6.36. The lowest BCUT2D eigenvalue weighted by Crippen LogP contribution is -2.36. The van der Waals surface area contributed by atoms with Crippen LogP contribution in [0.5, 0.6) is 0 Å². The first-order valence-electron chi connectivity index (χ1n) is 8.60. The summed E-state index contributed by atoms with van der Waals surface area (Å²) >= 11 is 0. The molecule has 25 heavy (non-hydrogen) atoms. The van der Waals surface area contributed by atoms with Crippen LogP contribution in [0.25, 0.3) is 0 Å². The van der Waals surface area contributed by atoms with E-state index in [0.717, 1.165) is 18.5 Å². The van der Waals surface area contributed by atoms with E-state index in [1.165, 1.54) is 17.5 Å². The Balaban J connectivity index is 1.43. The van der Waals surface area contributed by atoms with Crippen molar-refractivity contribution < 1.29 is 13.2 Å². The SMILES string of the molecule is NC(=NCCC(=O)NC1CCS(=O)(=O)C1)Nc1ccc2c(c1)CCC2. The zero-order valence-corrected chi connectivity index (χ0v) is 14.9. The number of nitrogens with one attached hydrogen (secondary N) is 2. The molecule has 1 fully saturated rings. The molecule has 1 aliphatic carbocycles. The molecule has 1 heterocycles. The van der Waals surface area contributed by atoms with Crippen molar-refractivity contribution in [1.29, 1.82) is 0 Å². The van der Waals surface area contributed by atoms with Gasteiger partial charge in [-0.1, -0.05) is 6.07 Å². The van der Waals surface area contributed by atoms with Crippen LogP contribution < -0.4 is 16.4 Å². The van der Waals surface area contributed by atoms with Crippen LogP contribution in [0.1, 0.15) is 30.4 Å². The second-order valence-corrected chi connectivity index (χ2v) is 8.88. The number of aliphatic imine (C=N–C) groups is 1. The molecule has 1 saturated heterocycles. The van der Waals surface area contributed by atoms with Gasteiger partial charge in [-0.15, -0.1) is 0 Å². The Hall–Kier alpha value is -2.09. The summed E-state index contributed by atoms with van der Waals surface area (Å²) in [5, 5.41) is 5.78. The first-order chi connectivity index (χ1) is 11.9. The molecule has 1 unspecified atom stereocenters. The molecule has 1 aliphatic heterocycles. The van der Waals surface area contributed by atoms with Crippen molar-refractivity contribution in [2.75, 3.05) is 23.4 Å². The molecular weight excluding hydrogens is 340 g/mol. The van der Waals surface area contributed by atoms with Crippen LogP contribution in [0, 0.1) is 0 Å². The third-order valence-electron chi connectivity index (χ3n) is 4.59. The fourth-order valence-electron chi connectivity index (χ4n) is 3.32. The van der Waals surface area contributed by atoms with Gasteiger partial charge in [0.15, 0.2) is 15.8 Å². The summed E-state index contributed by atoms with van der Waals surface area (Å²) < 4.78 is 22.7. The number of nitrogens with zero attached hydrogens (tertiary/aromatic N) is 1. The maximum atomic E-state index is 11.8. The molecule has 0 spiro atoms. The van der Waals surface area contributed by atoms with Crippen molar-refractivity contribution in [2.24, 2.45) is 10.7 Å². The van der Waals surface area contributed by atoms with Crippen LogP contribution in [0.15, 0.2) is 23.2 Å². The number of rotatable bonds is 5. The summed E-state index contributed by atoms with van der Waals surface area (Å²) in [4.78, 5) is 16.0. The number of carbonyl (C=O) groups is 1. The Morgan fingerprint density at radius 1 is 1.28 bits per heavy atom. The van der Waals surface area contributed by atoms with E-state index < -0.39 is 9.84 Å². The summed E-state index contributed by atoms with van der Waals surface area (Å²) in [6.07, 6.45) is 4.10. The molecule has 3 rings (SSSR count). The Bertz CT molecular complexity index is 789. The zero-order chi connectivity index (χ0) is 17.9. The number of carbonyl (C=O) groups excluding carboxylic acids is 1. The molecule has 4 N–H and O–H groups in total. The topological polar surface area (TPSA) is 114 Å². The highest BCUT2D eigenvalue weighted by molar-refractivity contribution is 7.91. The van der Waals surface area contributed by atoms with E-state index in [9.17, 15) is 13.2 Å². The number of aryl methyl sites for hydroxylation is 2. The van der Waals surface area contributed by atoms with E-state index in [4.69, 9.17) is 5.73 Å². The van der Waals surface area contributed by atoms with Crippen molar-refractivity contribution in [1.82, 2.24) is 5.32 Å². The smallest absolute Gasteiger partial charge is 0.222 e. The number of sulfone groups is 1. The standard InChI is InChI=1S/C17H24N4O3S/c18-17(21-14-5-4-12-2-1-3-13(12)10-14)19-8-6-16(22)20-15-7-9-25(23,24)11-15/h4-5,10,15H,1-3,6-9,11H2,(H,20,22)(H3,18,19,21). The van der Waals surface area contributed by atoms with Crippen molar-refractivity contribution in [3.05, 3.63) is 29.3 Å². The minimum Gasteiger partial charge on any atom is -0.370 e. The van der Waals surface area contributed by atoms with Gasteiger partial charge >= 0.3 is 0 Å². The monoisotopic (exact) mass is 364 g/mol. The van der Waals surface area contributed by atoms with E-state index in [1.807, 2.05) is 6.07 Å². The normalized spacial score (nSPS) is 21.8. The van der Waals surface area contributed by atoms with Gasteiger partial charge in [0, 0.05) is 18.2 Å². The van der Waals surface area contributed by atoms with Crippen LogP contribution in [0.4, 0.5) is 5.69 Å². The maximum absolute atomic E-state index is 11.8. The molecule has 0 aromatic heterocycles. The largest absolute Gasteiger partial charge is 0.370 e. The summed E-state index contributed by atoms with van der Waals surface area (Å²) in [6, 6.07) is 5.92. The molecule has 1 aromatic rings. The molecule has 0 saturated carbocycles. The first-order valence-corrected chi connectivity index (χ1v) is 10.4. The fourth-order valence-corrected chi connectivity index (χ4v) is 5.00. The van der Waals surface area contributed by atoms with Gasteiger partial charge in [-0.05, 0) is 48.9 Å². The summed E-state index contributed by atoms with van der Waals surface area (Å²) in [7, 11) is -2.99.